The van der Waals surface area contributed by atoms with E-state index in [0.717, 1.165) is 19.3 Å². The summed E-state index contributed by atoms with van der Waals surface area (Å²) >= 11 is 1.37. The molecule has 6 heteroatoms. The Labute approximate surface area is 128 Å². The number of fused-ring (bicyclic) bond motifs is 1. The van der Waals surface area contributed by atoms with Gasteiger partial charge in [-0.15, -0.1) is 11.3 Å². The second kappa shape index (κ2) is 7.36. The maximum atomic E-state index is 12.2. The standard InChI is InChI=1S/C15H21N3O2S/c1-3-5-6-11(4-2)9-16-13(19)12-10-17-15-18(14(12)20)7-8-21-15/h7-8,10-11H,3-6,9H2,1-2H3,(H,16,19). The number of aromatic nitrogens is 2. The summed E-state index contributed by atoms with van der Waals surface area (Å²) < 4.78 is 1.41. The number of hydrogen-bond donors (Lipinski definition) is 1. The lowest BCUT2D eigenvalue weighted by molar-refractivity contribution is 0.0944. The maximum absolute atomic E-state index is 12.2. The van der Waals surface area contributed by atoms with Gasteiger partial charge in [-0.25, -0.2) is 4.98 Å². The molecule has 0 aromatic carbocycles. The summed E-state index contributed by atoms with van der Waals surface area (Å²) in [5, 5.41) is 4.65. The molecule has 1 atom stereocenters. The quantitative estimate of drug-likeness (QED) is 0.855. The van der Waals surface area contributed by atoms with E-state index < -0.39 is 0 Å². The molecule has 2 heterocycles. The lowest BCUT2D eigenvalue weighted by Gasteiger charge is -2.15. The van der Waals surface area contributed by atoms with E-state index in [0.29, 0.717) is 17.4 Å². The SMILES string of the molecule is CCCCC(CC)CNC(=O)c1cnc2sccn2c1=O. The van der Waals surface area contributed by atoms with Crippen molar-refractivity contribution < 1.29 is 4.79 Å². The number of rotatable bonds is 7. The average Bonchev–Trinajstić information content (AvgIpc) is 2.97. The van der Waals surface area contributed by atoms with Crippen LogP contribution in [-0.2, 0) is 0 Å². The van der Waals surface area contributed by atoms with Gasteiger partial charge in [0.25, 0.3) is 11.5 Å². The molecule has 1 N–H and O–H groups in total. The van der Waals surface area contributed by atoms with Gasteiger partial charge in [0.2, 0.25) is 0 Å². The van der Waals surface area contributed by atoms with Gasteiger partial charge in [0.15, 0.2) is 4.96 Å². The Morgan fingerprint density at radius 2 is 2.29 bits per heavy atom. The summed E-state index contributed by atoms with van der Waals surface area (Å²) in [4.78, 5) is 29.1. The van der Waals surface area contributed by atoms with Crippen LogP contribution in [0.5, 0.6) is 0 Å². The third kappa shape index (κ3) is 3.69. The molecular weight excluding hydrogens is 286 g/mol. The Hall–Kier alpha value is -1.69. The Bertz CT molecular complexity index is 662. The largest absolute Gasteiger partial charge is 0.352 e. The molecule has 114 valence electrons. The van der Waals surface area contributed by atoms with Gasteiger partial charge in [-0.1, -0.05) is 33.1 Å². The van der Waals surface area contributed by atoms with Crippen molar-refractivity contribution >= 4 is 22.2 Å². The fourth-order valence-electron chi connectivity index (χ4n) is 2.26. The van der Waals surface area contributed by atoms with Crippen LogP contribution in [0.1, 0.15) is 49.9 Å². The third-order valence-electron chi connectivity index (χ3n) is 3.68. The zero-order chi connectivity index (χ0) is 15.2. The van der Waals surface area contributed by atoms with E-state index in [2.05, 4.69) is 24.1 Å². The van der Waals surface area contributed by atoms with Gasteiger partial charge in [-0.3, -0.25) is 14.0 Å². The Morgan fingerprint density at radius 3 is 3.00 bits per heavy atom. The van der Waals surface area contributed by atoms with E-state index in [1.54, 1.807) is 11.6 Å². The van der Waals surface area contributed by atoms with Gasteiger partial charge in [-0.2, -0.15) is 0 Å². The second-order valence-electron chi connectivity index (χ2n) is 5.16. The second-order valence-corrected chi connectivity index (χ2v) is 6.03. The number of carbonyl (C=O) groups excluding carboxylic acids is 1. The highest BCUT2D eigenvalue weighted by Crippen LogP contribution is 2.11. The highest BCUT2D eigenvalue weighted by atomic mass is 32.1. The van der Waals surface area contributed by atoms with Crippen molar-refractivity contribution in [2.24, 2.45) is 5.92 Å². The van der Waals surface area contributed by atoms with Crippen LogP contribution in [0.25, 0.3) is 4.96 Å². The van der Waals surface area contributed by atoms with E-state index >= 15 is 0 Å². The Morgan fingerprint density at radius 1 is 1.48 bits per heavy atom. The first-order valence-corrected chi connectivity index (χ1v) is 8.28. The van der Waals surface area contributed by atoms with Crippen molar-refractivity contribution in [3.63, 3.8) is 0 Å². The summed E-state index contributed by atoms with van der Waals surface area (Å²) in [6.07, 6.45) is 7.47. The van der Waals surface area contributed by atoms with Gasteiger partial charge >= 0.3 is 0 Å². The first-order valence-electron chi connectivity index (χ1n) is 7.40. The van der Waals surface area contributed by atoms with Gasteiger partial charge in [0, 0.05) is 24.3 Å². The van der Waals surface area contributed by atoms with Crippen LogP contribution < -0.4 is 10.9 Å². The van der Waals surface area contributed by atoms with Crippen molar-refractivity contribution in [3.8, 4) is 0 Å². The lowest BCUT2D eigenvalue weighted by atomic mass is 9.99. The fourth-order valence-corrected chi connectivity index (χ4v) is 2.93. The van der Waals surface area contributed by atoms with Gasteiger partial charge < -0.3 is 5.32 Å². The summed E-state index contributed by atoms with van der Waals surface area (Å²) in [5.74, 6) is 0.137. The Kier molecular flexibility index (Phi) is 5.50. The van der Waals surface area contributed by atoms with E-state index in [-0.39, 0.29) is 17.0 Å². The monoisotopic (exact) mass is 307 g/mol. The molecule has 0 spiro atoms. The number of hydrogen-bond acceptors (Lipinski definition) is 4. The minimum Gasteiger partial charge on any atom is -0.352 e. The molecular formula is C15H21N3O2S. The molecule has 0 aliphatic rings. The van der Waals surface area contributed by atoms with Gasteiger partial charge in [0.1, 0.15) is 5.56 Å². The molecule has 0 aliphatic heterocycles. The number of thiazole rings is 1. The smallest absolute Gasteiger partial charge is 0.271 e. The van der Waals surface area contributed by atoms with Crippen molar-refractivity contribution in [3.05, 3.63) is 33.7 Å². The first-order chi connectivity index (χ1) is 10.2. The minimum absolute atomic E-state index is 0.108. The molecule has 2 rings (SSSR count). The fraction of sp³-hybridized carbons (Fsp3) is 0.533. The predicted molar refractivity (Wildman–Crippen MR) is 85.0 cm³/mol. The van der Waals surface area contributed by atoms with Crippen molar-refractivity contribution in [2.45, 2.75) is 39.5 Å². The molecule has 1 unspecified atom stereocenters. The first kappa shape index (κ1) is 15.7. The van der Waals surface area contributed by atoms with Crippen LogP contribution in [0.2, 0.25) is 0 Å². The van der Waals surface area contributed by atoms with E-state index in [9.17, 15) is 9.59 Å². The molecule has 2 aromatic heterocycles. The molecule has 21 heavy (non-hydrogen) atoms. The summed E-state index contributed by atoms with van der Waals surface area (Å²) in [5.41, 5.74) is -0.198. The van der Waals surface area contributed by atoms with E-state index in [4.69, 9.17) is 0 Å². The molecule has 0 fully saturated rings. The molecule has 0 aliphatic carbocycles. The highest BCUT2D eigenvalue weighted by molar-refractivity contribution is 7.15. The van der Waals surface area contributed by atoms with Crippen molar-refractivity contribution in [1.82, 2.24) is 14.7 Å². The topological polar surface area (TPSA) is 63.5 Å². The van der Waals surface area contributed by atoms with Gasteiger partial charge in [0.05, 0.1) is 0 Å². The molecule has 5 nitrogen and oxygen atoms in total. The van der Waals surface area contributed by atoms with Crippen molar-refractivity contribution in [2.75, 3.05) is 6.54 Å². The van der Waals surface area contributed by atoms with Crippen LogP contribution in [0.3, 0.4) is 0 Å². The molecule has 2 aromatic rings. The number of nitrogens with zero attached hydrogens (tertiary/aromatic N) is 2. The van der Waals surface area contributed by atoms with E-state index in [1.165, 1.54) is 28.4 Å². The molecule has 0 radical (unpaired) electrons. The highest BCUT2D eigenvalue weighted by Gasteiger charge is 2.15. The Balaban J connectivity index is 2.05. The molecule has 1 amide bonds. The third-order valence-corrected chi connectivity index (χ3v) is 4.45. The van der Waals surface area contributed by atoms with Crippen LogP contribution in [0.15, 0.2) is 22.6 Å². The molecule has 0 saturated carbocycles. The maximum Gasteiger partial charge on any atom is 0.271 e. The van der Waals surface area contributed by atoms with Crippen molar-refractivity contribution in [1.29, 1.82) is 0 Å². The number of amides is 1. The number of nitrogens with one attached hydrogen (secondary N) is 1. The van der Waals surface area contributed by atoms with Crippen LogP contribution in [0.4, 0.5) is 0 Å². The lowest BCUT2D eigenvalue weighted by Crippen LogP contribution is -2.34. The normalized spacial score (nSPS) is 12.5. The zero-order valence-corrected chi connectivity index (χ0v) is 13.3. The number of unbranched alkanes of at least 4 members (excludes halogenated alkanes) is 1. The summed E-state index contributed by atoms with van der Waals surface area (Å²) in [6, 6.07) is 0. The zero-order valence-electron chi connectivity index (χ0n) is 12.5. The minimum atomic E-state index is -0.331. The van der Waals surface area contributed by atoms with E-state index in [1.807, 2.05) is 0 Å². The molecule has 0 saturated heterocycles. The van der Waals surface area contributed by atoms with Crippen LogP contribution in [-0.4, -0.2) is 21.8 Å². The summed E-state index contributed by atoms with van der Waals surface area (Å²) in [6.45, 7) is 4.90. The predicted octanol–water partition coefficient (Wildman–Crippen LogP) is 2.70. The van der Waals surface area contributed by atoms with Gasteiger partial charge in [-0.05, 0) is 12.3 Å². The molecule has 0 bridgehead atoms. The summed E-state index contributed by atoms with van der Waals surface area (Å²) in [7, 11) is 0. The van der Waals surface area contributed by atoms with Crippen LogP contribution in [0, 0.1) is 5.92 Å². The van der Waals surface area contributed by atoms with Crippen LogP contribution >= 0.6 is 11.3 Å². The average molecular weight is 307 g/mol. The number of carbonyl (C=O) groups is 1.